The summed E-state index contributed by atoms with van der Waals surface area (Å²) >= 11 is 0. The van der Waals surface area contributed by atoms with Crippen LogP contribution in [0.2, 0.25) is 0 Å². The molecule has 0 aliphatic carbocycles. The molecule has 1 saturated heterocycles. The minimum Gasteiger partial charge on any atom is -0.493 e. The number of piperazine rings is 1. The summed E-state index contributed by atoms with van der Waals surface area (Å²) < 4.78 is 12.3. The van der Waals surface area contributed by atoms with E-state index in [9.17, 15) is 9.59 Å². The number of hydrogen-bond donors (Lipinski definition) is 1. The SMILES string of the molecule is COc1ccc(-c2ccnc3cc(C(=O)Nc4ccc(C(=O)N5CCN(C)CC5)cn4)nn23)cc1OC. The molecular weight excluding hydrogens is 474 g/mol. The van der Waals surface area contributed by atoms with Crippen molar-refractivity contribution in [1.82, 2.24) is 29.4 Å². The molecule has 4 aromatic rings. The van der Waals surface area contributed by atoms with Crippen molar-refractivity contribution in [2.45, 2.75) is 0 Å². The molecule has 1 aliphatic heterocycles. The Balaban J connectivity index is 1.33. The van der Waals surface area contributed by atoms with Gasteiger partial charge in [-0.2, -0.15) is 5.10 Å². The number of methoxy groups -OCH3 is 2. The molecule has 0 bridgehead atoms. The molecule has 37 heavy (non-hydrogen) atoms. The van der Waals surface area contributed by atoms with Gasteiger partial charge in [0.05, 0.1) is 25.5 Å². The molecule has 0 saturated carbocycles. The van der Waals surface area contributed by atoms with Crippen LogP contribution in [0.4, 0.5) is 5.82 Å². The zero-order valence-corrected chi connectivity index (χ0v) is 20.8. The molecule has 11 nitrogen and oxygen atoms in total. The summed E-state index contributed by atoms with van der Waals surface area (Å²) in [5, 5.41) is 7.22. The third-order valence-electron chi connectivity index (χ3n) is 6.31. The van der Waals surface area contributed by atoms with E-state index in [0.717, 1.165) is 24.3 Å². The van der Waals surface area contributed by atoms with Crippen molar-refractivity contribution in [3.8, 4) is 22.8 Å². The van der Waals surface area contributed by atoms with E-state index in [1.54, 1.807) is 55.3 Å². The lowest BCUT2D eigenvalue weighted by atomic mass is 10.1. The number of anilines is 1. The number of benzene rings is 1. The normalized spacial score (nSPS) is 14.0. The average molecular weight is 502 g/mol. The first-order chi connectivity index (χ1) is 18.0. The van der Waals surface area contributed by atoms with Crippen LogP contribution >= 0.6 is 0 Å². The highest BCUT2D eigenvalue weighted by Gasteiger charge is 2.21. The van der Waals surface area contributed by atoms with Crippen LogP contribution in [-0.2, 0) is 0 Å². The molecule has 11 heteroatoms. The van der Waals surface area contributed by atoms with Gasteiger partial charge < -0.3 is 24.6 Å². The van der Waals surface area contributed by atoms with Crippen LogP contribution in [-0.4, -0.2) is 88.6 Å². The van der Waals surface area contributed by atoms with Gasteiger partial charge in [-0.25, -0.2) is 14.5 Å². The van der Waals surface area contributed by atoms with Crippen LogP contribution in [0.1, 0.15) is 20.8 Å². The van der Waals surface area contributed by atoms with Gasteiger partial charge in [-0.3, -0.25) is 9.59 Å². The van der Waals surface area contributed by atoms with Crippen LogP contribution in [0.5, 0.6) is 11.5 Å². The second-order valence-electron chi connectivity index (χ2n) is 8.68. The summed E-state index contributed by atoms with van der Waals surface area (Å²) in [6.07, 6.45) is 3.14. The van der Waals surface area contributed by atoms with Gasteiger partial charge in [0.2, 0.25) is 0 Å². The summed E-state index contributed by atoms with van der Waals surface area (Å²) in [6, 6.07) is 12.2. The number of aromatic nitrogens is 4. The molecule has 5 rings (SSSR count). The Morgan fingerprint density at radius 2 is 1.70 bits per heavy atom. The minimum atomic E-state index is -0.436. The van der Waals surface area contributed by atoms with Crippen molar-refractivity contribution < 1.29 is 19.1 Å². The zero-order chi connectivity index (χ0) is 25.9. The fourth-order valence-corrected chi connectivity index (χ4v) is 4.19. The number of pyridine rings is 1. The maximum absolute atomic E-state index is 12.9. The summed E-state index contributed by atoms with van der Waals surface area (Å²) in [6.45, 7) is 3.05. The third kappa shape index (κ3) is 4.94. The molecule has 190 valence electrons. The van der Waals surface area contributed by atoms with Crippen LogP contribution in [0.3, 0.4) is 0 Å². The molecule has 0 unspecified atom stereocenters. The van der Waals surface area contributed by atoms with Crippen LogP contribution in [0.15, 0.2) is 54.9 Å². The number of rotatable bonds is 6. The van der Waals surface area contributed by atoms with Gasteiger partial charge in [-0.1, -0.05) is 0 Å². The maximum atomic E-state index is 12.9. The second kappa shape index (κ2) is 10.2. The Morgan fingerprint density at radius 3 is 2.41 bits per heavy atom. The molecule has 0 spiro atoms. The fourth-order valence-electron chi connectivity index (χ4n) is 4.19. The van der Waals surface area contributed by atoms with Gasteiger partial charge in [0.25, 0.3) is 11.8 Å². The van der Waals surface area contributed by atoms with E-state index >= 15 is 0 Å². The number of nitrogens with zero attached hydrogens (tertiary/aromatic N) is 6. The Kier molecular flexibility index (Phi) is 6.69. The van der Waals surface area contributed by atoms with Crippen LogP contribution in [0, 0.1) is 0 Å². The number of nitrogens with one attached hydrogen (secondary N) is 1. The van der Waals surface area contributed by atoms with Crippen LogP contribution < -0.4 is 14.8 Å². The first-order valence-corrected chi connectivity index (χ1v) is 11.8. The average Bonchev–Trinajstić information content (AvgIpc) is 3.38. The van der Waals surface area contributed by atoms with Gasteiger partial charge in [0.1, 0.15) is 5.82 Å². The van der Waals surface area contributed by atoms with Crippen molar-refractivity contribution in [1.29, 1.82) is 0 Å². The van der Waals surface area contributed by atoms with Crippen molar-refractivity contribution in [3.05, 3.63) is 66.1 Å². The molecule has 1 fully saturated rings. The van der Waals surface area contributed by atoms with Crippen molar-refractivity contribution >= 4 is 23.3 Å². The van der Waals surface area contributed by atoms with E-state index in [1.165, 1.54) is 6.20 Å². The molecule has 1 aromatic carbocycles. The predicted octanol–water partition coefficient (Wildman–Crippen LogP) is 2.45. The smallest absolute Gasteiger partial charge is 0.277 e. The Morgan fingerprint density at radius 1 is 0.919 bits per heavy atom. The van der Waals surface area contributed by atoms with E-state index in [4.69, 9.17) is 9.47 Å². The number of carbonyl (C=O) groups is 2. The maximum Gasteiger partial charge on any atom is 0.277 e. The van der Waals surface area contributed by atoms with E-state index in [2.05, 4.69) is 25.3 Å². The molecule has 0 radical (unpaired) electrons. The number of ether oxygens (including phenoxy) is 2. The molecular formula is C26H27N7O4. The van der Waals surface area contributed by atoms with Gasteiger partial charge in [-0.15, -0.1) is 0 Å². The highest BCUT2D eigenvalue weighted by atomic mass is 16.5. The fraction of sp³-hybridized carbons (Fsp3) is 0.269. The monoisotopic (exact) mass is 501 g/mol. The zero-order valence-electron chi connectivity index (χ0n) is 20.8. The number of fused-ring (bicyclic) bond motifs is 1. The standard InChI is InChI=1S/C26H27N7O4/c1-31-10-12-32(13-11-31)26(35)18-5-7-23(28-16-18)29-25(34)19-15-24-27-9-8-20(33(24)30-19)17-4-6-21(36-2)22(14-17)37-3/h4-9,14-16H,10-13H2,1-3H3,(H,28,29,34). The van der Waals surface area contributed by atoms with Gasteiger partial charge >= 0.3 is 0 Å². The number of likely N-dealkylation sites (N-methyl/N-ethyl adjacent to an activating group) is 1. The lowest BCUT2D eigenvalue weighted by molar-refractivity contribution is 0.0663. The highest BCUT2D eigenvalue weighted by molar-refractivity contribution is 6.03. The van der Waals surface area contributed by atoms with Crippen molar-refractivity contribution in [2.75, 3.05) is 52.8 Å². The summed E-state index contributed by atoms with van der Waals surface area (Å²) in [7, 11) is 5.19. The molecule has 0 atom stereocenters. The van der Waals surface area contributed by atoms with Gasteiger partial charge in [0.15, 0.2) is 22.8 Å². The van der Waals surface area contributed by atoms with Crippen molar-refractivity contribution in [3.63, 3.8) is 0 Å². The van der Waals surface area contributed by atoms with E-state index < -0.39 is 5.91 Å². The lowest BCUT2D eigenvalue weighted by Crippen LogP contribution is -2.47. The van der Waals surface area contributed by atoms with Crippen molar-refractivity contribution in [2.24, 2.45) is 0 Å². The highest BCUT2D eigenvalue weighted by Crippen LogP contribution is 2.32. The van der Waals surface area contributed by atoms with E-state index in [1.807, 2.05) is 24.1 Å². The molecule has 1 N–H and O–H groups in total. The minimum absolute atomic E-state index is 0.0624. The molecule has 4 heterocycles. The number of hydrogen-bond acceptors (Lipinski definition) is 8. The van der Waals surface area contributed by atoms with Crippen LogP contribution in [0.25, 0.3) is 16.9 Å². The number of amides is 2. The first kappa shape index (κ1) is 24.2. The Hall–Kier alpha value is -4.51. The first-order valence-electron chi connectivity index (χ1n) is 11.8. The lowest BCUT2D eigenvalue weighted by Gasteiger charge is -2.32. The van der Waals surface area contributed by atoms with E-state index in [0.29, 0.717) is 41.6 Å². The van der Waals surface area contributed by atoms with Gasteiger partial charge in [-0.05, 0) is 43.4 Å². The Labute approximate surface area is 213 Å². The number of carbonyl (C=O) groups excluding carboxylic acids is 2. The Bertz CT molecular complexity index is 1440. The third-order valence-corrected chi connectivity index (χ3v) is 6.31. The summed E-state index contributed by atoms with van der Waals surface area (Å²) in [4.78, 5) is 38.3. The molecule has 1 aliphatic rings. The molecule has 2 amide bonds. The second-order valence-corrected chi connectivity index (χ2v) is 8.68. The quantitative estimate of drug-likeness (QED) is 0.429. The predicted molar refractivity (Wildman–Crippen MR) is 137 cm³/mol. The summed E-state index contributed by atoms with van der Waals surface area (Å²) in [5.74, 6) is 1.02. The largest absolute Gasteiger partial charge is 0.493 e. The summed E-state index contributed by atoms with van der Waals surface area (Å²) in [5.41, 5.74) is 2.73. The molecule has 3 aromatic heterocycles. The van der Waals surface area contributed by atoms with Gasteiger partial charge in [0, 0.05) is 50.2 Å². The topological polar surface area (TPSA) is 114 Å². The van der Waals surface area contributed by atoms with E-state index in [-0.39, 0.29) is 11.6 Å².